The molecule has 2 aliphatic heterocycles. The van der Waals surface area contributed by atoms with E-state index in [9.17, 15) is 28.9 Å². The first-order valence-corrected chi connectivity index (χ1v) is 12.6. The second kappa shape index (κ2) is 12.8. The summed E-state index contributed by atoms with van der Waals surface area (Å²) in [6.45, 7) is 2.46. The van der Waals surface area contributed by atoms with Crippen molar-refractivity contribution in [1.29, 1.82) is 10.5 Å². The number of carbonyl (C=O) groups is 2. The number of imide groups is 1. The maximum Gasteiger partial charge on any atom is 0.324 e. The second-order valence-electron chi connectivity index (χ2n) is 9.62. The molecule has 200 valence electrons. The summed E-state index contributed by atoms with van der Waals surface area (Å²) in [6.07, 6.45) is 3.19. The Morgan fingerprint density at radius 3 is 2.53 bits per heavy atom. The van der Waals surface area contributed by atoms with Crippen LogP contribution in [0.1, 0.15) is 61.3 Å². The number of nitrogens with one attached hydrogen (secondary N) is 1. The van der Waals surface area contributed by atoms with Gasteiger partial charge in [0.1, 0.15) is 0 Å². The van der Waals surface area contributed by atoms with Gasteiger partial charge in [-0.15, -0.1) is 12.4 Å². The molecule has 0 radical (unpaired) electrons. The Bertz CT molecular complexity index is 1250. The van der Waals surface area contributed by atoms with Crippen molar-refractivity contribution < 1.29 is 18.4 Å². The van der Waals surface area contributed by atoms with Crippen LogP contribution in [0.4, 0.5) is 13.6 Å². The molecule has 1 N–H and O–H groups in total. The van der Waals surface area contributed by atoms with Crippen molar-refractivity contribution in [2.75, 3.05) is 26.2 Å². The van der Waals surface area contributed by atoms with Crippen molar-refractivity contribution in [1.82, 2.24) is 15.1 Å². The molecule has 1 atom stereocenters. The summed E-state index contributed by atoms with van der Waals surface area (Å²) < 4.78 is 27.1. The summed E-state index contributed by atoms with van der Waals surface area (Å²) in [5.41, 5.74) is 1.04. The highest BCUT2D eigenvalue weighted by molar-refractivity contribution is 5.95. The number of benzene rings is 2. The molecular weight excluding hydrogens is 512 g/mol. The van der Waals surface area contributed by atoms with E-state index < -0.39 is 29.1 Å². The van der Waals surface area contributed by atoms with Crippen molar-refractivity contribution in [3.05, 3.63) is 70.8 Å². The standard InChI is InChI=1S/C28H29F2N5O2.ClH/c29-23-10-9-20(17-24(23)30)25-7-3-8-26(36)35(25)27(37)33-13-4-14-34-15-11-28(19-32,12-16-34)22-6-2-1-5-21(22)18-31;/h1-2,5-6,9-10,17,25H,3-4,7-8,11-16H2,(H,33,37);1H/t25-;/m0./s1. The molecule has 2 heterocycles. The normalized spacial score (nSPS) is 19.1. The van der Waals surface area contributed by atoms with Crippen molar-refractivity contribution in [2.24, 2.45) is 0 Å². The average Bonchev–Trinajstić information content (AvgIpc) is 2.92. The monoisotopic (exact) mass is 541 g/mol. The minimum atomic E-state index is -1.01. The lowest BCUT2D eigenvalue weighted by Gasteiger charge is -2.38. The molecule has 10 heteroatoms. The summed E-state index contributed by atoms with van der Waals surface area (Å²) in [7, 11) is 0. The quantitative estimate of drug-likeness (QED) is 0.520. The number of amides is 3. The third kappa shape index (κ3) is 6.12. The molecule has 0 aromatic heterocycles. The van der Waals surface area contributed by atoms with E-state index in [2.05, 4.69) is 22.4 Å². The van der Waals surface area contributed by atoms with Crippen LogP contribution < -0.4 is 5.32 Å². The predicted octanol–water partition coefficient (Wildman–Crippen LogP) is 4.97. The highest BCUT2D eigenvalue weighted by atomic mass is 35.5. The SMILES string of the molecule is Cl.N#Cc1ccccc1C1(C#N)CCN(CCCNC(=O)N2C(=O)CCC[C@H]2c2ccc(F)c(F)c2)CC1. The molecule has 4 rings (SSSR count). The molecule has 0 spiro atoms. The van der Waals surface area contributed by atoms with Gasteiger partial charge in [-0.05, 0) is 81.1 Å². The van der Waals surface area contributed by atoms with Gasteiger partial charge in [-0.3, -0.25) is 9.69 Å². The van der Waals surface area contributed by atoms with Crippen molar-refractivity contribution >= 4 is 24.3 Å². The highest BCUT2D eigenvalue weighted by Gasteiger charge is 2.38. The Balaban J connectivity index is 0.00000400. The molecule has 0 saturated carbocycles. The fourth-order valence-electron chi connectivity index (χ4n) is 5.34. The largest absolute Gasteiger partial charge is 0.338 e. The lowest BCUT2D eigenvalue weighted by atomic mass is 9.72. The number of hydrogen-bond donors (Lipinski definition) is 1. The topological polar surface area (TPSA) is 100 Å². The van der Waals surface area contributed by atoms with Gasteiger partial charge in [-0.1, -0.05) is 24.3 Å². The lowest BCUT2D eigenvalue weighted by Crippen LogP contribution is -2.48. The van der Waals surface area contributed by atoms with E-state index in [4.69, 9.17) is 0 Å². The summed E-state index contributed by atoms with van der Waals surface area (Å²) in [5.74, 6) is -2.31. The summed E-state index contributed by atoms with van der Waals surface area (Å²) in [5, 5.41) is 22.2. The van der Waals surface area contributed by atoms with Crippen molar-refractivity contribution in [3.8, 4) is 12.1 Å². The smallest absolute Gasteiger partial charge is 0.324 e. The molecule has 2 aromatic rings. The van der Waals surface area contributed by atoms with Gasteiger partial charge in [0.2, 0.25) is 5.91 Å². The number of urea groups is 1. The average molecular weight is 542 g/mol. The van der Waals surface area contributed by atoms with Gasteiger partial charge in [0, 0.05) is 13.0 Å². The minimum Gasteiger partial charge on any atom is -0.338 e. The van der Waals surface area contributed by atoms with Gasteiger partial charge in [0.15, 0.2) is 11.6 Å². The van der Waals surface area contributed by atoms with Gasteiger partial charge in [0.25, 0.3) is 0 Å². The fourth-order valence-corrected chi connectivity index (χ4v) is 5.34. The van der Waals surface area contributed by atoms with E-state index in [1.165, 1.54) is 6.07 Å². The summed E-state index contributed by atoms with van der Waals surface area (Å²) >= 11 is 0. The van der Waals surface area contributed by atoms with Gasteiger partial charge in [-0.2, -0.15) is 10.5 Å². The zero-order chi connectivity index (χ0) is 26.4. The van der Waals surface area contributed by atoms with Crippen LogP contribution in [0.15, 0.2) is 42.5 Å². The van der Waals surface area contributed by atoms with Crippen LogP contribution in [0.5, 0.6) is 0 Å². The predicted molar refractivity (Wildman–Crippen MR) is 139 cm³/mol. The van der Waals surface area contributed by atoms with Crippen LogP contribution in [0.25, 0.3) is 0 Å². The molecule has 2 fully saturated rings. The molecule has 2 aliphatic rings. The zero-order valence-electron chi connectivity index (χ0n) is 21.0. The first-order valence-electron chi connectivity index (χ1n) is 12.6. The second-order valence-corrected chi connectivity index (χ2v) is 9.62. The maximum absolute atomic E-state index is 13.8. The number of halogens is 3. The molecule has 7 nitrogen and oxygen atoms in total. The van der Waals surface area contributed by atoms with Crippen LogP contribution >= 0.6 is 12.4 Å². The van der Waals surface area contributed by atoms with Crippen LogP contribution in [0.3, 0.4) is 0 Å². The Hall–Kier alpha value is -3.53. The Morgan fingerprint density at radius 1 is 1.11 bits per heavy atom. The van der Waals surface area contributed by atoms with E-state index in [0.717, 1.165) is 22.6 Å². The van der Waals surface area contributed by atoms with Crippen molar-refractivity contribution in [3.63, 3.8) is 0 Å². The Morgan fingerprint density at radius 2 is 1.84 bits per heavy atom. The van der Waals surface area contributed by atoms with E-state index in [0.29, 0.717) is 69.4 Å². The van der Waals surface area contributed by atoms with Gasteiger partial charge in [0.05, 0.1) is 29.2 Å². The van der Waals surface area contributed by atoms with Crippen LogP contribution in [-0.4, -0.2) is 47.9 Å². The molecular formula is C28H30ClF2N5O2. The third-order valence-corrected chi connectivity index (χ3v) is 7.41. The van der Waals surface area contributed by atoms with Crippen LogP contribution in [0.2, 0.25) is 0 Å². The number of rotatable bonds is 6. The molecule has 0 unspecified atom stereocenters. The summed E-state index contributed by atoms with van der Waals surface area (Å²) in [6, 6.07) is 14.2. The van der Waals surface area contributed by atoms with Gasteiger partial charge >= 0.3 is 6.03 Å². The van der Waals surface area contributed by atoms with Crippen molar-refractivity contribution in [2.45, 2.75) is 50.0 Å². The van der Waals surface area contributed by atoms with Crippen LogP contribution in [-0.2, 0) is 10.2 Å². The molecule has 38 heavy (non-hydrogen) atoms. The van der Waals surface area contributed by atoms with E-state index in [1.54, 1.807) is 12.1 Å². The number of carbonyl (C=O) groups excluding carboxylic acids is 2. The van der Waals surface area contributed by atoms with E-state index >= 15 is 0 Å². The number of nitriles is 2. The van der Waals surface area contributed by atoms with E-state index in [-0.39, 0.29) is 24.7 Å². The Kier molecular flexibility index (Phi) is 9.79. The summed E-state index contributed by atoms with van der Waals surface area (Å²) in [4.78, 5) is 28.8. The first kappa shape index (κ1) is 29.0. The first-order chi connectivity index (χ1) is 17.9. The number of piperidine rings is 2. The molecule has 0 aliphatic carbocycles. The Labute approximate surface area is 227 Å². The number of nitrogens with zero attached hydrogens (tertiary/aromatic N) is 4. The fraction of sp³-hybridized carbons (Fsp3) is 0.429. The molecule has 2 aromatic carbocycles. The van der Waals surface area contributed by atoms with Gasteiger partial charge < -0.3 is 10.2 Å². The number of likely N-dealkylation sites (tertiary alicyclic amines) is 2. The van der Waals surface area contributed by atoms with Crippen LogP contribution in [0, 0.1) is 34.3 Å². The molecule has 0 bridgehead atoms. The molecule has 2 saturated heterocycles. The van der Waals surface area contributed by atoms with E-state index in [1.807, 2.05) is 12.1 Å². The number of hydrogen-bond acceptors (Lipinski definition) is 5. The maximum atomic E-state index is 13.8. The zero-order valence-corrected chi connectivity index (χ0v) is 21.8. The molecule has 3 amide bonds. The van der Waals surface area contributed by atoms with Gasteiger partial charge in [-0.25, -0.2) is 13.6 Å². The highest BCUT2D eigenvalue weighted by Crippen LogP contribution is 2.37. The lowest BCUT2D eigenvalue weighted by molar-refractivity contribution is -0.132. The third-order valence-electron chi connectivity index (χ3n) is 7.41. The minimum absolute atomic E-state index is 0.